The van der Waals surface area contributed by atoms with Crippen molar-refractivity contribution in [1.29, 1.82) is 0 Å². The summed E-state index contributed by atoms with van der Waals surface area (Å²) in [6.07, 6.45) is 2.06. The average Bonchev–Trinajstić information content (AvgIpc) is 2.17. The van der Waals surface area contributed by atoms with E-state index in [4.69, 9.17) is 4.74 Å². The minimum atomic E-state index is -0.427. The SMILES string of the molecule is FCc1cccc2c1OCCC2. The lowest BCUT2D eigenvalue weighted by Crippen LogP contribution is -2.09. The van der Waals surface area contributed by atoms with Gasteiger partial charge in [-0.3, -0.25) is 0 Å². The Morgan fingerprint density at radius 2 is 2.33 bits per heavy atom. The van der Waals surface area contributed by atoms with Crippen molar-refractivity contribution in [2.75, 3.05) is 6.61 Å². The first-order valence-electron chi connectivity index (χ1n) is 4.21. The molecule has 1 aliphatic heterocycles. The summed E-state index contributed by atoms with van der Waals surface area (Å²) in [6, 6.07) is 5.68. The summed E-state index contributed by atoms with van der Waals surface area (Å²) in [7, 11) is 0. The van der Waals surface area contributed by atoms with Crippen molar-refractivity contribution in [3.63, 3.8) is 0 Å². The van der Waals surface area contributed by atoms with E-state index in [1.165, 1.54) is 0 Å². The Hall–Kier alpha value is -1.05. The lowest BCUT2D eigenvalue weighted by Gasteiger charge is -2.18. The number of aryl methyl sites for hydroxylation is 1. The zero-order chi connectivity index (χ0) is 8.39. The first-order chi connectivity index (χ1) is 5.92. The highest BCUT2D eigenvalue weighted by Crippen LogP contribution is 2.29. The van der Waals surface area contributed by atoms with Crippen LogP contribution in [0.4, 0.5) is 4.39 Å². The third-order valence-corrected chi connectivity index (χ3v) is 2.16. The predicted octanol–water partition coefficient (Wildman–Crippen LogP) is 2.48. The molecule has 1 aliphatic rings. The molecule has 1 aromatic rings. The zero-order valence-corrected chi connectivity index (χ0v) is 6.85. The molecule has 0 atom stereocenters. The van der Waals surface area contributed by atoms with Crippen molar-refractivity contribution >= 4 is 0 Å². The minimum Gasteiger partial charge on any atom is -0.493 e. The number of rotatable bonds is 1. The molecule has 0 saturated carbocycles. The van der Waals surface area contributed by atoms with Crippen LogP contribution in [0.25, 0.3) is 0 Å². The highest BCUT2D eigenvalue weighted by atomic mass is 19.1. The van der Waals surface area contributed by atoms with Gasteiger partial charge in [0.1, 0.15) is 12.4 Å². The predicted molar refractivity (Wildman–Crippen MR) is 45.1 cm³/mol. The topological polar surface area (TPSA) is 9.23 Å². The molecular formula is C10H11FO. The molecule has 0 bridgehead atoms. The van der Waals surface area contributed by atoms with Crippen LogP contribution in [0.3, 0.4) is 0 Å². The molecule has 0 spiro atoms. The molecule has 1 heterocycles. The Morgan fingerprint density at radius 1 is 1.42 bits per heavy atom. The molecular weight excluding hydrogens is 155 g/mol. The highest BCUT2D eigenvalue weighted by molar-refractivity contribution is 5.42. The van der Waals surface area contributed by atoms with Gasteiger partial charge in [-0.25, -0.2) is 4.39 Å². The third-order valence-electron chi connectivity index (χ3n) is 2.16. The van der Waals surface area contributed by atoms with E-state index in [0.717, 1.165) is 30.8 Å². The Labute approximate surface area is 71.2 Å². The van der Waals surface area contributed by atoms with Crippen LogP contribution in [-0.2, 0) is 13.1 Å². The molecule has 0 saturated heterocycles. The van der Waals surface area contributed by atoms with Gasteiger partial charge in [-0.15, -0.1) is 0 Å². The fraction of sp³-hybridized carbons (Fsp3) is 0.400. The maximum absolute atomic E-state index is 12.4. The van der Waals surface area contributed by atoms with Crippen LogP contribution in [0.5, 0.6) is 5.75 Å². The van der Waals surface area contributed by atoms with Crippen LogP contribution >= 0.6 is 0 Å². The van der Waals surface area contributed by atoms with Crippen molar-refractivity contribution in [3.8, 4) is 5.75 Å². The van der Waals surface area contributed by atoms with Crippen molar-refractivity contribution in [3.05, 3.63) is 29.3 Å². The number of hydrogen-bond acceptors (Lipinski definition) is 1. The summed E-state index contributed by atoms with van der Waals surface area (Å²) in [5.74, 6) is 0.784. The van der Waals surface area contributed by atoms with Crippen molar-refractivity contribution in [2.45, 2.75) is 19.5 Å². The standard InChI is InChI=1S/C10H11FO/c11-7-9-4-1-3-8-5-2-6-12-10(8)9/h1,3-4H,2,5-7H2. The quantitative estimate of drug-likeness (QED) is 0.622. The Bertz CT molecular complexity index is 269. The number of para-hydroxylation sites is 1. The van der Waals surface area contributed by atoms with E-state index in [2.05, 4.69) is 0 Å². The third kappa shape index (κ3) is 1.17. The van der Waals surface area contributed by atoms with E-state index in [1.807, 2.05) is 12.1 Å². The number of hydrogen-bond donors (Lipinski definition) is 0. The fourth-order valence-corrected chi connectivity index (χ4v) is 1.56. The maximum Gasteiger partial charge on any atom is 0.128 e. The van der Waals surface area contributed by atoms with E-state index in [0.29, 0.717) is 5.56 Å². The van der Waals surface area contributed by atoms with Crippen molar-refractivity contribution < 1.29 is 9.13 Å². The number of ether oxygens (including phenoxy) is 1. The molecule has 2 heteroatoms. The smallest absolute Gasteiger partial charge is 0.128 e. The average molecular weight is 166 g/mol. The number of halogens is 1. The second-order valence-corrected chi connectivity index (χ2v) is 2.99. The molecule has 0 radical (unpaired) electrons. The van der Waals surface area contributed by atoms with Crippen LogP contribution in [0, 0.1) is 0 Å². The Kier molecular flexibility index (Phi) is 1.98. The van der Waals surface area contributed by atoms with Gasteiger partial charge in [0.25, 0.3) is 0 Å². The zero-order valence-electron chi connectivity index (χ0n) is 6.85. The number of alkyl halides is 1. The van der Waals surface area contributed by atoms with Gasteiger partial charge in [-0.05, 0) is 18.4 Å². The van der Waals surface area contributed by atoms with E-state index in [1.54, 1.807) is 6.07 Å². The van der Waals surface area contributed by atoms with Crippen molar-refractivity contribution in [1.82, 2.24) is 0 Å². The Morgan fingerprint density at radius 3 is 3.17 bits per heavy atom. The molecule has 0 aromatic heterocycles. The number of benzene rings is 1. The van der Waals surface area contributed by atoms with Crippen LogP contribution in [0.1, 0.15) is 17.5 Å². The normalized spacial score (nSPS) is 15.1. The molecule has 12 heavy (non-hydrogen) atoms. The summed E-state index contributed by atoms with van der Waals surface area (Å²) in [4.78, 5) is 0. The summed E-state index contributed by atoms with van der Waals surface area (Å²) < 4.78 is 17.8. The van der Waals surface area contributed by atoms with Crippen LogP contribution < -0.4 is 4.74 Å². The molecule has 64 valence electrons. The summed E-state index contributed by atoms with van der Waals surface area (Å²) in [6.45, 7) is 0.299. The fourth-order valence-electron chi connectivity index (χ4n) is 1.56. The van der Waals surface area contributed by atoms with E-state index in [9.17, 15) is 4.39 Å². The summed E-state index contributed by atoms with van der Waals surface area (Å²) in [5, 5.41) is 0. The van der Waals surface area contributed by atoms with Gasteiger partial charge >= 0.3 is 0 Å². The molecule has 2 rings (SSSR count). The summed E-state index contributed by atoms with van der Waals surface area (Å²) in [5.41, 5.74) is 1.84. The molecule has 0 unspecified atom stereocenters. The first kappa shape index (κ1) is 7.59. The second-order valence-electron chi connectivity index (χ2n) is 2.99. The van der Waals surface area contributed by atoms with E-state index < -0.39 is 6.67 Å². The van der Waals surface area contributed by atoms with Gasteiger partial charge in [0, 0.05) is 5.56 Å². The van der Waals surface area contributed by atoms with Gasteiger partial charge < -0.3 is 4.74 Å². The Balaban J connectivity index is 2.44. The van der Waals surface area contributed by atoms with Crippen LogP contribution in [-0.4, -0.2) is 6.61 Å². The van der Waals surface area contributed by atoms with Gasteiger partial charge in [0.05, 0.1) is 6.61 Å². The van der Waals surface area contributed by atoms with Crippen LogP contribution in [0.15, 0.2) is 18.2 Å². The monoisotopic (exact) mass is 166 g/mol. The maximum atomic E-state index is 12.4. The highest BCUT2D eigenvalue weighted by Gasteiger charge is 2.13. The molecule has 0 N–H and O–H groups in total. The molecule has 1 aromatic carbocycles. The molecule has 0 amide bonds. The molecule has 0 aliphatic carbocycles. The molecule has 0 fully saturated rings. The first-order valence-corrected chi connectivity index (χ1v) is 4.21. The summed E-state index contributed by atoms with van der Waals surface area (Å²) >= 11 is 0. The lowest BCUT2D eigenvalue weighted by atomic mass is 10.0. The van der Waals surface area contributed by atoms with Gasteiger partial charge in [0.15, 0.2) is 0 Å². The largest absolute Gasteiger partial charge is 0.493 e. The van der Waals surface area contributed by atoms with E-state index in [-0.39, 0.29) is 0 Å². The number of fused-ring (bicyclic) bond motifs is 1. The van der Waals surface area contributed by atoms with Crippen LogP contribution in [0.2, 0.25) is 0 Å². The second kappa shape index (κ2) is 3.13. The van der Waals surface area contributed by atoms with Crippen molar-refractivity contribution in [2.24, 2.45) is 0 Å². The van der Waals surface area contributed by atoms with Gasteiger partial charge in [0.2, 0.25) is 0 Å². The minimum absolute atomic E-state index is 0.427. The molecule has 1 nitrogen and oxygen atoms in total. The van der Waals surface area contributed by atoms with Gasteiger partial charge in [-0.1, -0.05) is 18.2 Å². The van der Waals surface area contributed by atoms with Gasteiger partial charge in [-0.2, -0.15) is 0 Å². The van der Waals surface area contributed by atoms with E-state index >= 15 is 0 Å². The lowest BCUT2D eigenvalue weighted by molar-refractivity contribution is 0.281.